The number of Topliss-reactive ketones (excluding diaryl/α,β-unsaturated/α-hetero) is 2. The molecule has 1 aliphatic rings. The fraction of sp³-hybridized carbons (Fsp3) is 0.500. The van der Waals surface area contributed by atoms with E-state index < -0.39 is 13.5 Å². The molecule has 2 rings (SSSR count). The molecule has 0 heterocycles. The highest BCUT2D eigenvalue weighted by molar-refractivity contribution is 6.83. The predicted octanol–water partition coefficient (Wildman–Crippen LogP) is 4.37. The van der Waals surface area contributed by atoms with Crippen LogP contribution in [-0.4, -0.2) is 19.6 Å². The standard InChI is InChI=1S/C20H26O2Si/c1-16(21)20(14-9-8-12-19(20)22)18(13-15-23(2,3)4)17-10-6-5-7-11-17/h5-7,10-11,18H,8-9,12,14H2,1-4H3. The Morgan fingerprint density at radius 2 is 1.83 bits per heavy atom. The second-order valence-corrected chi connectivity index (χ2v) is 12.3. The average molecular weight is 327 g/mol. The van der Waals surface area contributed by atoms with E-state index in [9.17, 15) is 9.59 Å². The molecular formula is C20H26O2Si. The molecule has 2 nitrogen and oxygen atoms in total. The van der Waals surface area contributed by atoms with Crippen LogP contribution in [0.1, 0.15) is 44.1 Å². The molecule has 0 aliphatic heterocycles. The summed E-state index contributed by atoms with van der Waals surface area (Å²) in [6, 6.07) is 9.86. The Kier molecular flexibility index (Phi) is 5.26. The number of carbonyl (C=O) groups excluding carboxylic acids is 2. The van der Waals surface area contributed by atoms with E-state index in [-0.39, 0.29) is 17.5 Å². The Balaban J connectivity index is 2.60. The molecule has 3 heteroatoms. The Bertz CT molecular complexity index is 646. The van der Waals surface area contributed by atoms with Crippen LogP contribution in [0, 0.1) is 16.9 Å². The lowest BCUT2D eigenvalue weighted by Gasteiger charge is -2.38. The molecule has 0 N–H and O–H groups in total. The molecule has 0 aromatic heterocycles. The second kappa shape index (κ2) is 6.84. The van der Waals surface area contributed by atoms with Gasteiger partial charge in [0.2, 0.25) is 0 Å². The van der Waals surface area contributed by atoms with E-state index in [4.69, 9.17) is 0 Å². The highest BCUT2D eigenvalue weighted by atomic mass is 28.3. The van der Waals surface area contributed by atoms with Gasteiger partial charge in [-0.05, 0) is 25.3 Å². The van der Waals surface area contributed by atoms with Crippen LogP contribution in [0.3, 0.4) is 0 Å². The van der Waals surface area contributed by atoms with Crippen molar-refractivity contribution in [2.75, 3.05) is 0 Å². The third-order valence-electron chi connectivity index (χ3n) is 4.57. The van der Waals surface area contributed by atoms with Crippen LogP contribution in [0.2, 0.25) is 19.6 Å². The predicted molar refractivity (Wildman–Crippen MR) is 96.9 cm³/mol. The molecule has 23 heavy (non-hydrogen) atoms. The summed E-state index contributed by atoms with van der Waals surface area (Å²) in [4.78, 5) is 25.4. The maximum atomic E-state index is 12.8. The summed E-state index contributed by atoms with van der Waals surface area (Å²) in [6.45, 7) is 8.12. The second-order valence-electron chi connectivity index (χ2n) is 7.52. The number of carbonyl (C=O) groups is 2. The Morgan fingerprint density at radius 1 is 1.17 bits per heavy atom. The first-order chi connectivity index (χ1) is 10.8. The van der Waals surface area contributed by atoms with Crippen LogP contribution < -0.4 is 0 Å². The van der Waals surface area contributed by atoms with Gasteiger partial charge in [0.05, 0.1) is 5.92 Å². The van der Waals surface area contributed by atoms with Crippen molar-refractivity contribution in [1.82, 2.24) is 0 Å². The van der Waals surface area contributed by atoms with Crippen LogP contribution in [-0.2, 0) is 9.59 Å². The third kappa shape index (κ3) is 3.82. The minimum Gasteiger partial charge on any atom is -0.299 e. The summed E-state index contributed by atoms with van der Waals surface area (Å²) in [7, 11) is -1.59. The lowest BCUT2D eigenvalue weighted by Crippen LogP contribution is -2.45. The van der Waals surface area contributed by atoms with Gasteiger partial charge in [0, 0.05) is 6.42 Å². The summed E-state index contributed by atoms with van der Waals surface area (Å²) in [5.74, 6) is 3.10. The van der Waals surface area contributed by atoms with Crippen molar-refractivity contribution in [3.8, 4) is 11.5 Å². The van der Waals surface area contributed by atoms with Crippen molar-refractivity contribution in [3.63, 3.8) is 0 Å². The molecule has 1 fully saturated rings. The third-order valence-corrected chi connectivity index (χ3v) is 5.46. The monoisotopic (exact) mass is 326 g/mol. The molecule has 0 saturated heterocycles. The quantitative estimate of drug-likeness (QED) is 0.469. The van der Waals surface area contributed by atoms with Gasteiger partial charge in [-0.15, -0.1) is 11.5 Å². The van der Waals surface area contributed by atoms with Crippen LogP contribution in [0.15, 0.2) is 30.3 Å². The molecule has 1 saturated carbocycles. The molecule has 2 atom stereocenters. The number of hydrogen-bond acceptors (Lipinski definition) is 2. The van der Waals surface area contributed by atoms with Gasteiger partial charge in [0.1, 0.15) is 25.1 Å². The van der Waals surface area contributed by atoms with Gasteiger partial charge in [-0.25, -0.2) is 0 Å². The number of rotatable bonds is 3. The molecule has 2 unspecified atom stereocenters. The van der Waals surface area contributed by atoms with Crippen LogP contribution >= 0.6 is 0 Å². The van der Waals surface area contributed by atoms with E-state index in [2.05, 4.69) is 31.1 Å². The first-order valence-electron chi connectivity index (χ1n) is 8.39. The average Bonchev–Trinajstić information content (AvgIpc) is 2.49. The van der Waals surface area contributed by atoms with Crippen molar-refractivity contribution >= 4 is 19.6 Å². The van der Waals surface area contributed by atoms with Gasteiger partial charge in [-0.3, -0.25) is 9.59 Å². The smallest absolute Gasteiger partial charge is 0.148 e. The first-order valence-corrected chi connectivity index (χ1v) is 11.9. The van der Waals surface area contributed by atoms with E-state index in [1.807, 2.05) is 30.3 Å². The summed E-state index contributed by atoms with van der Waals surface area (Å²) in [6.07, 6.45) is 2.93. The van der Waals surface area contributed by atoms with Gasteiger partial charge in [-0.2, -0.15) is 0 Å². The SMILES string of the molecule is CC(=O)C1(C(C#C[Si](C)(C)C)c2ccccc2)CCCCC1=O. The number of benzene rings is 1. The van der Waals surface area contributed by atoms with Crippen LogP contribution in [0.25, 0.3) is 0 Å². The fourth-order valence-corrected chi connectivity index (χ4v) is 3.94. The largest absolute Gasteiger partial charge is 0.299 e. The molecule has 1 aromatic carbocycles. The molecule has 122 valence electrons. The van der Waals surface area contributed by atoms with Crippen LogP contribution in [0.5, 0.6) is 0 Å². The molecule has 0 bridgehead atoms. The zero-order valence-corrected chi connectivity index (χ0v) is 15.6. The summed E-state index contributed by atoms with van der Waals surface area (Å²) < 4.78 is 0. The van der Waals surface area contributed by atoms with Gasteiger partial charge < -0.3 is 0 Å². The van der Waals surface area contributed by atoms with Crippen molar-refractivity contribution in [2.45, 2.75) is 58.2 Å². The lowest BCUT2D eigenvalue weighted by molar-refractivity contribution is -0.142. The van der Waals surface area contributed by atoms with E-state index in [1.165, 1.54) is 0 Å². The lowest BCUT2D eigenvalue weighted by atomic mass is 9.61. The van der Waals surface area contributed by atoms with Crippen molar-refractivity contribution in [3.05, 3.63) is 35.9 Å². The van der Waals surface area contributed by atoms with Crippen molar-refractivity contribution in [1.29, 1.82) is 0 Å². The minimum absolute atomic E-state index is 0.0269. The molecule has 0 spiro atoms. The molecule has 0 amide bonds. The topological polar surface area (TPSA) is 34.1 Å². The Hall–Kier alpha value is -1.66. The van der Waals surface area contributed by atoms with E-state index >= 15 is 0 Å². The molecule has 1 aromatic rings. The summed E-state index contributed by atoms with van der Waals surface area (Å²) in [5, 5.41) is 0. The number of ketones is 2. The minimum atomic E-state index is -1.59. The Labute approximate surface area is 140 Å². The van der Waals surface area contributed by atoms with Gasteiger partial charge in [0.25, 0.3) is 0 Å². The highest BCUT2D eigenvalue weighted by Gasteiger charge is 2.50. The molecular weight excluding hydrogens is 300 g/mol. The van der Waals surface area contributed by atoms with Crippen molar-refractivity contribution in [2.24, 2.45) is 5.41 Å². The fourth-order valence-electron chi connectivity index (χ4n) is 3.36. The van der Waals surface area contributed by atoms with Crippen LogP contribution in [0.4, 0.5) is 0 Å². The molecule has 1 aliphatic carbocycles. The maximum Gasteiger partial charge on any atom is 0.148 e. The molecule has 0 radical (unpaired) electrons. The van der Waals surface area contributed by atoms with Gasteiger partial charge >= 0.3 is 0 Å². The van der Waals surface area contributed by atoms with E-state index in [0.717, 1.165) is 18.4 Å². The first kappa shape index (κ1) is 17.7. The van der Waals surface area contributed by atoms with Gasteiger partial charge in [-0.1, -0.05) is 56.4 Å². The highest BCUT2D eigenvalue weighted by Crippen LogP contribution is 2.45. The summed E-state index contributed by atoms with van der Waals surface area (Å²) >= 11 is 0. The van der Waals surface area contributed by atoms with E-state index in [0.29, 0.717) is 12.8 Å². The normalized spacial score (nSPS) is 22.9. The van der Waals surface area contributed by atoms with Gasteiger partial charge in [0.15, 0.2) is 0 Å². The Morgan fingerprint density at radius 3 is 2.35 bits per heavy atom. The zero-order chi connectivity index (χ0) is 17.1. The van der Waals surface area contributed by atoms with E-state index in [1.54, 1.807) is 6.92 Å². The van der Waals surface area contributed by atoms with Crippen molar-refractivity contribution < 1.29 is 9.59 Å². The summed E-state index contributed by atoms with van der Waals surface area (Å²) in [5.41, 5.74) is 3.44. The maximum absolute atomic E-state index is 12.8. The number of hydrogen-bond donors (Lipinski definition) is 0. The zero-order valence-electron chi connectivity index (χ0n) is 14.6.